The highest BCUT2D eigenvalue weighted by atomic mass is 16.4. The van der Waals surface area contributed by atoms with E-state index in [1.807, 2.05) is 6.92 Å². The topological polar surface area (TPSA) is 78.4 Å². The van der Waals surface area contributed by atoms with E-state index in [0.29, 0.717) is 19.4 Å². The monoisotopic (exact) mass is 256 g/mol. The number of nitrogens with one attached hydrogen (secondary N) is 2. The molecule has 1 rings (SSSR count). The van der Waals surface area contributed by atoms with Crippen LogP contribution in [0.15, 0.2) is 0 Å². The Balaban J connectivity index is 2.22. The summed E-state index contributed by atoms with van der Waals surface area (Å²) in [7, 11) is 0. The number of carbonyl (C=O) groups is 2. The van der Waals surface area contributed by atoms with E-state index in [4.69, 9.17) is 5.11 Å². The lowest BCUT2D eigenvalue weighted by atomic mass is 9.80. The van der Waals surface area contributed by atoms with Gasteiger partial charge < -0.3 is 15.7 Å². The van der Waals surface area contributed by atoms with Crippen molar-refractivity contribution in [2.45, 2.75) is 39.5 Å². The highest BCUT2D eigenvalue weighted by molar-refractivity contribution is 5.82. The normalized spacial score (nSPS) is 20.1. The summed E-state index contributed by atoms with van der Waals surface area (Å²) in [5.74, 6) is -1.00. The molecular weight excluding hydrogens is 232 g/mol. The molecule has 1 amide bonds. The van der Waals surface area contributed by atoms with E-state index in [1.165, 1.54) is 0 Å². The van der Waals surface area contributed by atoms with Crippen molar-refractivity contribution in [2.75, 3.05) is 19.6 Å². The van der Waals surface area contributed by atoms with E-state index in [1.54, 1.807) is 6.92 Å². The first kappa shape index (κ1) is 15.0. The minimum atomic E-state index is -0.772. The van der Waals surface area contributed by atoms with Crippen LogP contribution in [-0.2, 0) is 9.59 Å². The highest BCUT2D eigenvalue weighted by Crippen LogP contribution is 2.27. The molecule has 5 nitrogen and oxygen atoms in total. The molecule has 18 heavy (non-hydrogen) atoms. The summed E-state index contributed by atoms with van der Waals surface area (Å²) in [5.41, 5.74) is -0.260. The van der Waals surface area contributed by atoms with Crippen LogP contribution in [0, 0.1) is 11.3 Å². The van der Waals surface area contributed by atoms with Crippen LogP contribution in [0.3, 0.4) is 0 Å². The van der Waals surface area contributed by atoms with Gasteiger partial charge in [0, 0.05) is 12.0 Å². The summed E-state index contributed by atoms with van der Waals surface area (Å²) in [5, 5.41) is 14.9. The molecule has 0 aromatic heterocycles. The lowest BCUT2D eigenvalue weighted by Gasteiger charge is -2.32. The fourth-order valence-electron chi connectivity index (χ4n) is 2.15. The van der Waals surface area contributed by atoms with Crippen LogP contribution in [0.4, 0.5) is 0 Å². The molecule has 1 aliphatic heterocycles. The van der Waals surface area contributed by atoms with Crippen LogP contribution in [0.2, 0.25) is 0 Å². The van der Waals surface area contributed by atoms with Gasteiger partial charge in [-0.3, -0.25) is 9.59 Å². The predicted molar refractivity (Wildman–Crippen MR) is 69.3 cm³/mol. The van der Waals surface area contributed by atoms with E-state index in [2.05, 4.69) is 10.6 Å². The molecular formula is C13H24N2O3. The second kappa shape index (κ2) is 6.73. The molecule has 1 atom stereocenters. The van der Waals surface area contributed by atoms with Crippen molar-refractivity contribution >= 4 is 11.9 Å². The van der Waals surface area contributed by atoms with Crippen molar-refractivity contribution in [2.24, 2.45) is 11.3 Å². The first-order valence-electron chi connectivity index (χ1n) is 6.67. The summed E-state index contributed by atoms with van der Waals surface area (Å²) in [6.45, 7) is 6.04. The van der Waals surface area contributed by atoms with Crippen LogP contribution in [0.5, 0.6) is 0 Å². The van der Waals surface area contributed by atoms with Crippen LogP contribution in [0.25, 0.3) is 0 Å². The second-order valence-corrected chi connectivity index (χ2v) is 5.45. The molecule has 5 heteroatoms. The lowest BCUT2D eigenvalue weighted by molar-refractivity contribution is -0.141. The maximum Gasteiger partial charge on any atom is 0.306 e. The van der Waals surface area contributed by atoms with Crippen LogP contribution >= 0.6 is 0 Å². The number of carbonyl (C=O) groups excluding carboxylic acids is 1. The molecule has 0 bridgehead atoms. The smallest absolute Gasteiger partial charge is 0.306 e. The number of piperidine rings is 1. The third-order valence-electron chi connectivity index (χ3n) is 3.78. The maximum absolute atomic E-state index is 12.0. The summed E-state index contributed by atoms with van der Waals surface area (Å²) in [6, 6.07) is 0. The quantitative estimate of drug-likeness (QED) is 0.619. The summed E-state index contributed by atoms with van der Waals surface area (Å²) in [6.07, 6.45) is 3.05. The number of hydrogen-bond acceptors (Lipinski definition) is 3. The minimum absolute atomic E-state index is 0.104. The Labute approximate surface area is 108 Å². The molecule has 104 valence electrons. The van der Waals surface area contributed by atoms with Gasteiger partial charge in [-0.05, 0) is 38.8 Å². The SMILES string of the molecule is CC(CCCNC(=O)C1(C)CCNCC1)C(=O)O. The van der Waals surface area contributed by atoms with Gasteiger partial charge in [-0.1, -0.05) is 13.8 Å². The summed E-state index contributed by atoms with van der Waals surface area (Å²) in [4.78, 5) is 22.7. The van der Waals surface area contributed by atoms with Gasteiger partial charge in [-0.2, -0.15) is 0 Å². The zero-order chi connectivity index (χ0) is 13.6. The highest BCUT2D eigenvalue weighted by Gasteiger charge is 2.34. The molecule has 0 aliphatic carbocycles. The first-order valence-corrected chi connectivity index (χ1v) is 6.67. The molecule has 0 spiro atoms. The Morgan fingerprint density at radius 2 is 2.00 bits per heavy atom. The van der Waals surface area contributed by atoms with Gasteiger partial charge in [0.05, 0.1) is 5.92 Å². The number of carboxylic acids is 1. The maximum atomic E-state index is 12.0. The van der Waals surface area contributed by atoms with Gasteiger partial charge in [0.1, 0.15) is 0 Å². The van der Waals surface area contributed by atoms with E-state index in [-0.39, 0.29) is 17.2 Å². The molecule has 1 heterocycles. The van der Waals surface area contributed by atoms with Crippen molar-refractivity contribution in [1.29, 1.82) is 0 Å². The molecule has 0 aromatic carbocycles. The molecule has 0 aromatic rings. The Morgan fingerprint density at radius 3 is 2.56 bits per heavy atom. The standard InChI is InChI=1S/C13H24N2O3/c1-10(11(16)17)4-3-7-15-12(18)13(2)5-8-14-9-6-13/h10,14H,3-9H2,1-2H3,(H,15,18)(H,16,17). The lowest BCUT2D eigenvalue weighted by Crippen LogP contribution is -2.46. The molecule has 1 fully saturated rings. The van der Waals surface area contributed by atoms with Crippen LogP contribution in [-0.4, -0.2) is 36.6 Å². The summed E-state index contributed by atoms with van der Waals surface area (Å²) < 4.78 is 0. The van der Waals surface area contributed by atoms with Crippen LogP contribution in [0.1, 0.15) is 39.5 Å². The van der Waals surface area contributed by atoms with Gasteiger partial charge >= 0.3 is 5.97 Å². The second-order valence-electron chi connectivity index (χ2n) is 5.45. The number of hydrogen-bond donors (Lipinski definition) is 3. The zero-order valence-corrected chi connectivity index (χ0v) is 11.3. The van der Waals surface area contributed by atoms with Gasteiger partial charge in [-0.25, -0.2) is 0 Å². The third-order valence-corrected chi connectivity index (χ3v) is 3.78. The average Bonchev–Trinajstić information content (AvgIpc) is 2.34. The zero-order valence-electron chi connectivity index (χ0n) is 11.3. The van der Waals surface area contributed by atoms with Crippen molar-refractivity contribution in [1.82, 2.24) is 10.6 Å². The van der Waals surface area contributed by atoms with Gasteiger partial charge in [-0.15, -0.1) is 0 Å². The van der Waals surface area contributed by atoms with E-state index in [0.717, 1.165) is 25.9 Å². The van der Waals surface area contributed by atoms with E-state index in [9.17, 15) is 9.59 Å². The number of rotatable bonds is 6. The summed E-state index contributed by atoms with van der Waals surface area (Å²) >= 11 is 0. The van der Waals surface area contributed by atoms with Gasteiger partial charge in [0.25, 0.3) is 0 Å². The van der Waals surface area contributed by atoms with Crippen molar-refractivity contribution < 1.29 is 14.7 Å². The molecule has 1 aliphatic rings. The molecule has 0 radical (unpaired) electrons. The average molecular weight is 256 g/mol. The van der Waals surface area contributed by atoms with Gasteiger partial charge in [0.15, 0.2) is 0 Å². The number of amides is 1. The predicted octanol–water partition coefficient (Wildman–Crippen LogP) is 0.993. The van der Waals surface area contributed by atoms with E-state index < -0.39 is 5.97 Å². The van der Waals surface area contributed by atoms with Crippen LogP contribution < -0.4 is 10.6 Å². The first-order chi connectivity index (χ1) is 8.46. The Morgan fingerprint density at radius 1 is 1.39 bits per heavy atom. The molecule has 1 saturated heterocycles. The van der Waals surface area contributed by atoms with Crippen molar-refractivity contribution in [3.8, 4) is 0 Å². The largest absolute Gasteiger partial charge is 0.481 e. The Kier molecular flexibility index (Phi) is 5.59. The fraction of sp³-hybridized carbons (Fsp3) is 0.846. The molecule has 0 saturated carbocycles. The third kappa shape index (κ3) is 4.29. The minimum Gasteiger partial charge on any atom is -0.481 e. The van der Waals surface area contributed by atoms with Crippen molar-refractivity contribution in [3.05, 3.63) is 0 Å². The van der Waals surface area contributed by atoms with Crippen molar-refractivity contribution in [3.63, 3.8) is 0 Å². The van der Waals surface area contributed by atoms with Gasteiger partial charge in [0.2, 0.25) is 5.91 Å². The molecule has 3 N–H and O–H groups in total. The number of carboxylic acid groups (broad SMARTS) is 1. The van der Waals surface area contributed by atoms with E-state index >= 15 is 0 Å². The Hall–Kier alpha value is -1.10. The Bertz CT molecular complexity index is 299. The molecule has 1 unspecified atom stereocenters. The fourth-order valence-corrected chi connectivity index (χ4v) is 2.15. The number of aliphatic carboxylic acids is 1.